The normalized spacial score (nSPS) is 32.8. The summed E-state index contributed by atoms with van der Waals surface area (Å²) in [6, 6.07) is 0. The Balaban J connectivity index is 3.11. The van der Waals surface area contributed by atoms with Crippen LogP contribution in [0.5, 0.6) is 0 Å². The fourth-order valence-corrected chi connectivity index (χ4v) is 2.94. The van der Waals surface area contributed by atoms with Gasteiger partial charge in [-0.3, -0.25) is 0 Å². The molecule has 1 fully saturated rings. The van der Waals surface area contributed by atoms with Crippen molar-refractivity contribution in [1.29, 1.82) is 0 Å². The Bertz CT molecular complexity index is 255. The van der Waals surface area contributed by atoms with Gasteiger partial charge in [-0.25, -0.2) is 0 Å². The van der Waals surface area contributed by atoms with Gasteiger partial charge in [0, 0.05) is 0 Å². The molecule has 0 spiro atoms. The average molecular weight is 179 g/mol. The Hall–Kier alpha value is 0.195. The largest absolute Gasteiger partial charge is 0.117 e. The maximum absolute atomic E-state index is 2.43. The summed E-state index contributed by atoms with van der Waals surface area (Å²) in [6.45, 7) is 2.13. The average Bonchev–Trinajstić information content (AvgIpc) is 2.11. The molecule has 1 aliphatic heterocycles. The first kappa shape index (κ1) is 12.3. The first-order valence-corrected chi connectivity index (χ1v) is 5.79. The molecule has 0 nitrogen and oxygen atoms in total. The summed E-state index contributed by atoms with van der Waals surface area (Å²) >= 11 is 0. The highest BCUT2D eigenvalue weighted by Crippen LogP contribution is 2.68. The lowest BCUT2D eigenvalue weighted by molar-refractivity contribution is 0.683. The highest BCUT2D eigenvalue weighted by atomic mass is 14.4. The van der Waals surface area contributed by atoms with E-state index in [9.17, 15) is 0 Å². The number of hydrogen-bond donors (Lipinski definition) is 0. The molecule has 1 rings (SSSR count). The molecule has 1 unspecified atom stereocenters. The van der Waals surface area contributed by atoms with Gasteiger partial charge in [0.05, 0.1) is 47.1 Å². The molecule has 68 valence electrons. The zero-order chi connectivity index (χ0) is 11.2. The lowest BCUT2D eigenvalue weighted by atomic mass is 9.18. The molecule has 0 amide bonds. The minimum Gasteiger partial charge on any atom is -0.117 e. The van der Waals surface area contributed by atoms with Crippen LogP contribution in [0.1, 0.15) is 6.92 Å². The predicted molar refractivity (Wildman–Crippen MR) is 85.1 cm³/mol. The van der Waals surface area contributed by atoms with Gasteiger partial charge < -0.3 is 0 Å². The van der Waals surface area contributed by atoms with Crippen molar-refractivity contribution in [2.24, 2.45) is 0 Å². The van der Waals surface area contributed by atoms with Crippen LogP contribution >= 0.6 is 0 Å². The summed E-state index contributed by atoms with van der Waals surface area (Å²) in [7, 11) is 15.8. The molecule has 1 heterocycles. The lowest BCUT2D eigenvalue weighted by Gasteiger charge is -2.47. The molecular weight excluding hydrogens is 160 g/mol. The van der Waals surface area contributed by atoms with Crippen LogP contribution in [0.25, 0.3) is 0 Å². The zero-order valence-corrected chi connectivity index (χ0v) is 10.9. The van der Waals surface area contributed by atoms with E-state index in [1.807, 2.05) is 0 Å². The summed E-state index contributed by atoms with van der Waals surface area (Å²) < 4.78 is 0. The maximum atomic E-state index is 2.43. The van der Waals surface area contributed by atoms with Gasteiger partial charge >= 0.3 is 0 Å². The first-order chi connectivity index (χ1) is 6.17. The maximum Gasteiger partial charge on any atom is 0.117 e. The van der Waals surface area contributed by atoms with Gasteiger partial charge in [0.25, 0.3) is 0 Å². The Morgan fingerprint density at radius 2 is 1.57 bits per heavy atom. The Kier molecular flexibility index (Phi) is 2.94. The smallest absolute Gasteiger partial charge is 0.117 e. The van der Waals surface area contributed by atoms with Crippen molar-refractivity contribution >= 4 is 54.4 Å². The minimum absolute atomic E-state index is 0.406. The van der Waals surface area contributed by atoms with Crippen molar-refractivity contribution in [2.75, 3.05) is 0 Å². The predicted octanol–water partition coefficient (Wildman–Crippen LogP) is -4.09. The third kappa shape index (κ3) is 1.47. The van der Waals surface area contributed by atoms with E-state index in [1.54, 1.807) is 0 Å². The molecule has 1 aliphatic rings. The third-order valence-corrected chi connectivity index (χ3v) is 5.38. The summed E-state index contributed by atoms with van der Waals surface area (Å²) in [6.07, 6.45) is 4.61. The van der Waals surface area contributed by atoms with E-state index < -0.39 is 0 Å². The fraction of sp³-hybridized carbons (Fsp3) is 0.714. The van der Waals surface area contributed by atoms with Crippen molar-refractivity contribution in [2.45, 2.75) is 28.3 Å². The van der Waals surface area contributed by atoms with Gasteiger partial charge in [-0.2, -0.15) is 0 Å². The lowest BCUT2D eigenvalue weighted by Crippen LogP contribution is -2.37. The SMILES string of the molecule is BC1(B)BC(/C=C/C)C(B)(B)C1(B)B. The summed E-state index contributed by atoms with van der Waals surface area (Å²) in [5, 5.41) is 1.26. The van der Waals surface area contributed by atoms with Crippen molar-refractivity contribution in [3.05, 3.63) is 12.2 Å². The Labute approximate surface area is 95.1 Å². The molecule has 0 aliphatic carbocycles. The molecule has 0 aromatic heterocycles. The van der Waals surface area contributed by atoms with E-state index >= 15 is 0 Å². The van der Waals surface area contributed by atoms with Crippen LogP contribution in [0.4, 0.5) is 0 Å². The minimum atomic E-state index is 0.406. The highest BCUT2D eigenvalue weighted by Gasteiger charge is 2.56. The van der Waals surface area contributed by atoms with Crippen molar-refractivity contribution < 1.29 is 0 Å². The number of rotatable bonds is 1. The number of allylic oxidation sites excluding steroid dienone is 2. The Morgan fingerprint density at radius 3 is 1.86 bits per heavy atom. The standard InChI is InChI=1S/C7H19B7/c1-2-3-4-5(8,9)6(10,11)7(12,13)14-4/h2-4,14H,8-13H2,1H3/b3-2+. The molecule has 0 aromatic carbocycles. The van der Waals surface area contributed by atoms with E-state index in [2.05, 4.69) is 66.2 Å². The molecule has 14 heavy (non-hydrogen) atoms. The van der Waals surface area contributed by atoms with Crippen LogP contribution in [-0.4, -0.2) is 54.4 Å². The quantitative estimate of drug-likeness (QED) is 0.283. The number of hydrogen-bond acceptors (Lipinski definition) is 0. The molecule has 0 saturated carbocycles. The second-order valence-corrected chi connectivity index (χ2v) is 6.57. The van der Waals surface area contributed by atoms with E-state index in [0.29, 0.717) is 15.5 Å². The van der Waals surface area contributed by atoms with Crippen LogP contribution in [0, 0.1) is 0 Å². The van der Waals surface area contributed by atoms with Crippen LogP contribution in [0.3, 0.4) is 0 Å². The first-order valence-electron chi connectivity index (χ1n) is 5.79. The fourth-order valence-electron chi connectivity index (χ4n) is 2.94. The summed E-state index contributed by atoms with van der Waals surface area (Å²) in [4.78, 5) is 0. The van der Waals surface area contributed by atoms with Crippen LogP contribution in [-0.2, 0) is 0 Å². The van der Waals surface area contributed by atoms with Gasteiger partial charge in [-0.05, 0) is 6.92 Å². The molecule has 0 radical (unpaired) electrons. The third-order valence-electron chi connectivity index (χ3n) is 5.38. The van der Waals surface area contributed by atoms with E-state index in [-0.39, 0.29) is 0 Å². The van der Waals surface area contributed by atoms with Crippen molar-refractivity contribution in [3.63, 3.8) is 0 Å². The molecule has 0 aromatic rings. The van der Waals surface area contributed by atoms with Crippen LogP contribution < -0.4 is 0 Å². The summed E-state index contributed by atoms with van der Waals surface area (Å²) in [5.74, 6) is 0.734. The molecule has 7 heteroatoms. The van der Waals surface area contributed by atoms with E-state index in [0.717, 1.165) is 5.82 Å². The monoisotopic (exact) mass is 180 g/mol. The molecule has 0 bridgehead atoms. The van der Waals surface area contributed by atoms with Gasteiger partial charge in [0.15, 0.2) is 0 Å². The second-order valence-electron chi connectivity index (χ2n) is 6.57. The van der Waals surface area contributed by atoms with Crippen molar-refractivity contribution in [1.82, 2.24) is 0 Å². The van der Waals surface area contributed by atoms with E-state index in [4.69, 9.17) is 0 Å². The molecule has 0 N–H and O–H groups in total. The van der Waals surface area contributed by atoms with Gasteiger partial charge in [0.2, 0.25) is 0 Å². The Morgan fingerprint density at radius 1 is 1.07 bits per heavy atom. The van der Waals surface area contributed by atoms with Crippen molar-refractivity contribution in [3.8, 4) is 0 Å². The van der Waals surface area contributed by atoms with E-state index in [1.165, 1.54) is 7.28 Å². The second kappa shape index (κ2) is 3.35. The van der Waals surface area contributed by atoms with Gasteiger partial charge in [-0.15, -0.1) is 10.3 Å². The molecular formula is C7H19B7. The van der Waals surface area contributed by atoms with Gasteiger partial charge in [0.1, 0.15) is 7.28 Å². The summed E-state index contributed by atoms with van der Waals surface area (Å²) in [5.41, 5.74) is 0. The molecule has 1 saturated heterocycles. The van der Waals surface area contributed by atoms with Crippen LogP contribution in [0.2, 0.25) is 21.4 Å². The highest BCUT2D eigenvalue weighted by molar-refractivity contribution is 6.81. The van der Waals surface area contributed by atoms with Crippen LogP contribution in [0.15, 0.2) is 12.2 Å². The molecule has 1 atom stereocenters. The van der Waals surface area contributed by atoms with Gasteiger partial charge in [-0.1, -0.05) is 23.2 Å². The topological polar surface area (TPSA) is 0 Å². The zero-order valence-electron chi connectivity index (χ0n) is 10.9.